The third kappa shape index (κ3) is 6.91. The number of allylic oxidation sites excluding steroid dienone is 1. The lowest BCUT2D eigenvalue weighted by molar-refractivity contribution is -0.127. The number of nitrogens with one attached hydrogen (secondary N) is 2. The summed E-state index contributed by atoms with van der Waals surface area (Å²) in [6.07, 6.45) is 9.58. The van der Waals surface area contributed by atoms with Crippen LogP contribution in [0.25, 0.3) is 0 Å². The molecule has 1 aliphatic carbocycles. The van der Waals surface area contributed by atoms with E-state index in [0.717, 1.165) is 45.1 Å². The van der Waals surface area contributed by atoms with E-state index in [2.05, 4.69) is 21.7 Å². The van der Waals surface area contributed by atoms with Gasteiger partial charge in [0.05, 0.1) is 6.61 Å². The van der Waals surface area contributed by atoms with Crippen LogP contribution >= 0.6 is 0 Å². The number of likely N-dealkylation sites (N-methyl/N-ethyl adjacent to an activating group) is 1. The maximum absolute atomic E-state index is 11.8. The minimum atomic E-state index is 0.00953. The third-order valence-electron chi connectivity index (χ3n) is 4.58. The van der Waals surface area contributed by atoms with Gasteiger partial charge in [0.25, 0.3) is 0 Å². The zero-order valence-corrected chi connectivity index (χ0v) is 15.1. The molecule has 24 heavy (non-hydrogen) atoms. The van der Waals surface area contributed by atoms with E-state index < -0.39 is 0 Å². The fourth-order valence-electron chi connectivity index (χ4n) is 2.92. The number of ether oxygens (including phenoxy) is 1. The van der Waals surface area contributed by atoms with Crippen LogP contribution in [0, 0.1) is 5.92 Å². The first-order chi connectivity index (χ1) is 11.6. The van der Waals surface area contributed by atoms with Gasteiger partial charge in [-0.3, -0.25) is 4.79 Å². The van der Waals surface area contributed by atoms with Gasteiger partial charge in [-0.15, -0.1) is 0 Å². The van der Waals surface area contributed by atoms with Crippen LogP contribution in [0.1, 0.15) is 38.5 Å². The topological polar surface area (TPSA) is 66.0 Å². The third-order valence-corrected chi connectivity index (χ3v) is 4.58. The van der Waals surface area contributed by atoms with Crippen molar-refractivity contribution in [1.29, 1.82) is 0 Å². The van der Waals surface area contributed by atoms with Crippen LogP contribution in [0.5, 0.6) is 0 Å². The molecule has 1 unspecified atom stereocenters. The number of nitrogens with zero attached hydrogens (tertiary/aromatic N) is 2. The molecule has 6 nitrogen and oxygen atoms in total. The van der Waals surface area contributed by atoms with Crippen molar-refractivity contribution in [3.8, 4) is 0 Å². The Morgan fingerprint density at radius 1 is 1.38 bits per heavy atom. The number of hydrogen-bond acceptors (Lipinski definition) is 3. The maximum atomic E-state index is 11.8. The van der Waals surface area contributed by atoms with Gasteiger partial charge < -0.3 is 20.3 Å². The Bertz CT molecular complexity index is 454. The molecular formula is C18H32N4O2. The Morgan fingerprint density at radius 3 is 2.92 bits per heavy atom. The Morgan fingerprint density at radius 2 is 2.25 bits per heavy atom. The molecule has 1 heterocycles. The zero-order chi connectivity index (χ0) is 17.2. The van der Waals surface area contributed by atoms with Crippen molar-refractivity contribution in [3.05, 3.63) is 11.6 Å². The Kier molecular flexibility index (Phi) is 8.08. The van der Waals surface area contributed by atoms with Gasteiger partial charge in [-0.2, -0.15) is 0 Å². The molecule has 6 heteroatoms. The predicted molar refractivity (Wildman–Crippen MR) is 97.1 cm³/mol. The molecule has 1 aliphatic heterocycles. The van der Waals surface area contributed by atoms with Crippen molar-refractivity contribution < 1.29 is 9.53 Å². The average molecular weight is 336 g/mol. The van der Waals surface area contributed by atoms with E-state index in [4.69, 9.17) is 4.74 Å². The van der Waals surface area contributed by atoms with E-state index in [9.17, 15) is 4.79 Å². The summed E-state index contributed by atoms with van der Waals surface area (Å²) in [5, 5.41) is 6.73. The standard InChI is InChI=1S/C18H32N4O2/c1-22(2)17(23)13-21-18(20-12-16-9-11-24-14-16)19-10-8-15-6-4-3-5-7-15/h6,16H,3-5,7-14H2,1-2H3,(H2,19,20,21). The van der Waals surface area contributed by atoms with E-state index in [1.54, 1.807) is 24.6 Å². The lowest BCUT2D eigenvalue weighted by Crippen LogP contribution is -2.41. The van der Waals surface area contributed by atoms with Gasteiger partial charge in [-0.1, -0.05) is 11.6 Å². The van der Waals surface area contributed by atoms with E-state index in [1.807, 2.05) is 0 Å². The van der Waals surface area contributed by atoms with Gasteiger partial charge in [0.2, 0.25) is 5.91 Å². The van der Waals surface area contributed by atoms with Crippen molar-refractivity contribution in [2.75, 3.05) is 46.9 Å². The van der Waals surface area contributed by atoms with Crippen LogP contribution in [-0.4, -0.2) is 63.7 Å². The number of aliphatic imine (C=N–C) groups is 1. The first-order valence-corrected chi connectivity index (χ1v) is 9.13. The number of carbonyl (C=O) groups is 1. The van der Waals surface area contributed by atoms with Crippen molar-refractivity contribution >= 4 is 11.9 Å². The highest BCUT2D eigenvalue weighted by Crippen LogP contribution is 2.19. The molecule has 1 atom stereocenters. The summed E-state index contributed by atoms with van der Waals surface area (Å²) in [6.45, 7) is 3.52. The van der Waals surface area contributed by atoms with Crippen molar-refractivity contribution in [1.82, 2.24) is 15.5 Å². The van der Waals surface area contributed by atoms with Crippen LogP contribution in [0.3, 0.4) is 0 Å². The molecular weight excluding hydrogens is 304 g/mol. The lowest BCUT2D eigenvalue weighted by Gasteiger charge is -2.17. The highest BCUT2D eigenvalue weighted by atomic mass is 16.5. The second-order valence-corrected chi connectivity index (χ2v) is 6.85. The monoisotopic (exact) mass is 336 g/mol. The fourth-order valence-corrected chi connectivity index (χ4v) is 2.92. The second-order valence-electron chi connectivity index (χ2n) is 6.85. The smallest absolute Gasteiger partial charge is 0.243 e. The van der Waals surface area contributed by atoms with Gasteiger partial charge in [-0.25, -0.2) is 4.99 Å². The number of carbonyl (C=O) groups excluding carboxylic acids is 1. The quantitative estimate of drug-likeness (QED) is 0.420. The van der Waals surface area contributed by atoms with Crippen LogP contribution in [-0.2, 0) is 9.53 Å². The van der Waals surface area contributed by atoms with E-state index >= 15 is 0 Å². The van der Waals surface area contributed by atoms with Crippen LogP contribution in [0.4, 0.5) is 0 Å². The van der Waals surface area contributed by atoms with Crippen LogP contribution in [0.2, 0.25) is 0 Å². The SMILES string of the molecule is CN(C)C(=O)CN=C(NCCC1=CCCCC1)NCC1CCOC1. The Hall–Kier alpha value is -1.56. The Balaban J connectivity index is 1.79. The summed E-state index contributed by atoms with van der Waals surface area (Å²) in [7, 11) is 3.51. The second kappa shape index (κ2) is 10.3. The number of guanidine groups is 1. The molecule has 2 N–H and O–H groups in total. The minimum Gasteiger partial charge on any atom is -0.381 e. The van der Waals surface area contributed by atoms with Crippen LogP contribution < -0.4 is 10.6 Å². The van der Waals surface area contributed by atoms with Gasteiger partial charge in [0, 0.05) is 39.7 Å². The number of amides is 1. The summed E-state index contributed by atoms with van der Waals surface area (Å²) in [5.41, 5.74) is 1.54. The molecule has 0 spiro atoms. The highest BCUT2D eigenvalue weighted by Gasteiger charge is 2.16. The van der Waals surface area contributed by atoms with Gasteiger partial charge in [0.1, 0.15) is 6.54 Å². The molecule has 1 amide bonds. The molecule has 136 valence electrons. The first-order valence-electron chi connectivity index (χ1n) is 9.13. The van der Waals surface area contributed by atoms with Gasteiger partial charge >= 0.3 is 0 Å². The molecule has 2 rings (SSSR count). The minimum absolute atomic E-state index is 0.00953. The molecule has 1 fully saturated rings. The number of hydrogen-bond donors (Lipinski definition) is 2. The molecule has 1 saturated heterocycles. The molecule has 0 radical (unpaired) electrons. The zero-order valence-electron chi connectivity index (χ0n) is 15.1. The molecule has 0 aromatic heterocycles. The molecule has 2 aliphatic rings. The molecule has 0 bridgehead atoms. The number of rotatable bonds is 7. The van der Waals surface area contributed by atoms with Gasteiger partial charge in [-0.05, 0) is 38.5 Å². The summed E-state index contributed by atoms with van der Waals surface area (Å²) < 4.78 is 5.41. The Labute approximate surface area is 145 Å². The van der Waals surface area contributed by atoms with E-state index in [1.165, 1.54) is 25.7 Å². The van der Waals surface area contributed by atoms with E-state index in [-0.39, 0.29) is 12.5 Å². The maximum Gasteiger partial charge on any atom is 0.243 e. The van der Waals surface area contributed by atoms with Crippen LogP contribution in [0.15, 0.2) is 16.6 Å². The van der Waals surface area contributed by atoms with Crippen molar-refractivity contribution in [2.24, 2.45) is 10.9 Å². The lowest BCUT2D eigenvalue weighted by atomic mass is 9.97. The fraction of sp³-hybridized carbons (Fsp3) is 0.778. The molecule has 0 aromatic rings. The molecule has 0 aromatic carbocycles. The summed E-state index contributed by atoms with van der Waals surface area (Å²) in [4.78, 5) is 17.8. The molecule has 0 saturated carbocycles. The predicted octanol–water partition coefficient (Wildman–Crippen LogP) is 1.54. The largest absolute Gasteiger partial charge is 0.381 e. The van der Waals surface area contributed by atoms with E-state index in [0.29, 0.717) is 5.92 Å². The summed E-state index contributed by atoms with van der Waals surface area (Å²) in [5.74, 6) is 1.27. The van der Waals surface area contributed by atoms with Gasteiger partial charge in [0.15, 0.2) is 5.96 Å². The average Bonchev–Trinajstić information content (AvgIpc) is 3.10. The summed E-state index contributed by atoms with van der Waals surface area (Å²) in [6, 6.07) is 0. The van der Waals surface area contributed by atoms with Crippen molar-refractivity contribution in [3.63, 3.8) is 0 Å². The first kappa shape index (κ1) is 18.8. The highest BCUT2D eigenvalue weighted by molar-refractivity contribution is 5.84. The summed E-state index contributed by atoms with van der Waals surface area (Å²) >= 11 is 0. The normalized spacial score (nSPS) is 21.3. The van der Waals surface area contributed by atoms with Crippen molar-refractivity contribution in [2.45, 2.75) is 38.5 Å².